The molecule has 0 bridgehead atoms. The first-order valence-electron chi connectivity index (χ1n) is 14.1. The van der Waals surface area contributed by atoms with Gasteiger partial charge in [0.05, 0.1) is 25.4 Å². The molecule has 2 heterocycles. The number of aliphatic hydroxyl groups excluding tert-OH is 3. The van der Waals surface area contributed by atoms with Crippen LogP contribution in [0.3, 0.4) is 0 Å². The van der Waals surface area contributed by atoms with Crippen LogP contribution in [-0.4, -0.2) is 101 Å². The van der Waals surface area contributed by atoms with E-state index in [-0.39, 0.29) is 17.9 Å². The fourth-order valence-electron chi connectivity index (χ4n) is 5.83. The zero-order valence-corrected chi connectivity index (χ0v) is 22.7. The summed E-state index contributed by atoms with van der Waals surface area (Å²) in [5, 5.41) is 32.4. The topological polar surface area (TPSA) is 138 Å². The lowest BCUT2D eigenvalue weighted by molar-refractivity contribution is -0.270. The lowest BCUT2D eigenvalue weighted by Gasteiger charge is -2.42. The van der Waals surface area contributed by atoms with Crippen molar-refractivity contribution in [3.8, 4) is 0 Å². The largest absolute Gasteiger partial charge is 0.394 e. The summed E-state index contributed by atoms with van der Waals surface area (Å²) in [6.45, 7) is 7.14. The summed E-state index contributed by atoms with van der Waals surface area (Å²) >= 11 is 0. The van der Waals surface area contributed by atoms with Crippen LogP contribution in [0.25, 0.3) is 0 Å². The predicted molar refractivity (Wildman–Crippen MR) is 136 cm³/mol. The molecule has 2 aliphatic heterocycles. The molecule has 3 rings (SSSR count). The minimum atomic E-state index is -1.33. The molecule has 7 unspecified atom stereocenters. The van der Waals surface area contributed by atoms with Crippen LogP contribution in [0, 0.1) is 11.8 Å². The molecule has 0 spiro atoms. The number of amides is 2. The fourth-order valence-corrected chi connectivity index (χ4v) is 5.83. The number of nitrogens with zero attached hydrogens (tertiary/aromatic N) is 1. The zero-order valence-electron chi connectivity index (χ0n) is 22.7. The molecule has 3 aliphatic rings. The Morgan fingerprint density at radius 1 is 1.08 bits per heavy atom. The smallest absolute Gasteiger partial charge is 0.222 e. The van der Waals surface area contributed by atoms with Gasteiger partial charge in [0.25, 0.3) is 0 Å². The summed E-state index contributed by atoms with van der Waals surface area (Å²) in [7, 11) is 0. The highest BCUT2D eigenvalue weighted by molar-refractivity contribution is 5.76. The van der Waals surface area contributed by atoms with Crippen LogP contribution >= 0.6 is 0 Å². The monoisotopic (exact) mass is 528 g/mol. The van der Waals surface area contributed by atoms with Crippen molar-refractivity contribution in [3.63, 3.8) is 0 Å². The number of ether oxygens (including phenoxy) is 3. The summed E-state index contributed by atoms with van der Waals surface area (Å²) in [6, 6.07) is -0.754. The molecule has 2 amide bonds. The normalized spacial score (nSPS) is 34.3. The Bertz CT molecular complexity index is 723. The number of hydrogen-bond acceptors (Lipinski definition) is 8. The maximum atomic E-state index is 12.9. The van der Waals surface area contributed by atoms with E-state index in [4.69, 9.17) is 14.2 Å². The van der Waals surface area contributed by atoms with Crippen molar-refractivity contribution in [2.75, 3.05) is 26.4 Å². The molecule has 3 fully saturated rings. The number of rotatable bonds is 13. The van der Waals surface area contributed by atoms with Crippen LogP contribution < -0.4 is 5.32 Å². The molecule has 0 aromatic heterocycles. The number of carbonyl (C=O) groups excluding carboxylic acids is 2. The molecule has 2 saturated heterocycles. The molecule has 0 radical (unpaired) electrons. The van der Waals surface area contributed by atoms with Crippen LogP contribution in [0.5, 0.6) is 0 Å². The highest BCUT2D eigenvalue weighted by Crippen LogP contribution is 2.33. The molecule has 10 nitrogen and oxygen atoms in total. The van der Waals surface area contributed by atoms with Gasteiger partial charge in [0, 0.05) is 26.5 Å². The van der Waals surface area contributed by atoms with Gasteiger partial charge in [-0.15, -0.1) is 0 Å². The lowest BCUT2D eigenvalue weighted by Crippen LogP contribution is -2.64. The van der Waals surface area contributed by atoms with Crippen LogP contribution in [0.1, 0.15) is 78.6 Å². The fraction of sp³-hybridized carbons (Fsp3) is 0.926. The van der Waals surface area contributed by atoms with E-state index in [1.54, 1.807) is 0 Å². The van der Waals surface area contributed by atoms with Gasteiger partial charge in [-0.3, -0.25) is 9.59 Å². The second kappa shape index (κ2) is 14.7. The molecule has 4 N–H and O–H groups in total. The Hall–Kier alpha value is -1.30. The Kier molecular flexibility index (Phi) is 12.1. The van der Waals surface area contributed by atoms with Crippen molar-refractivity contribution in [1.82, 2.24) is 10.2 Å². The van der Waals surface area contributed by atoms with Crippen molar-refractivity contribution in [1.29, 1.82) is 0 Å². The molecule has 10 heteroatoms. The van der Waals surface area contributed by atoms with E-state index < -0.39 is 37.3 Å². The Balaban J connectivity index is 1.33. The van der Waals surface area contributed by atoms with Gasteiger partial charge in [-0.1, -0.05) is 20.3 Å². The number of nitrogens with one attached hydrogen (secondary N) is 1. The minimum absolute atomic E-state index is 0.183. The summed E-state index contributed by atoms with van der Waals surface area (Å²) in [5.41, 5.74) is 0. The maximum absolute atomic E-state index is 12.9. The van der Waals surface area contributed by atoms with Crippen LogP contribution in [-0.2, 0) is 23.8 Å². The SMILES string of the molecule is CC(=O)NC1C(OCCCCCC(=O)N2CCC[C@H]2COC2CCC(C(C)C)C2)OC(CO)C(O)C1O. The Labute approximate surface area is 221 Å². The van der Waals surface area contributed by atoms with Gasteiger partial charge in [-0.05, 0) is 56.8 Å². The van der Waals surface area contributed by atoms with Crippen molar-refractivity contribution >= 4 is 11.8 Å². The lowest BCUT2D eigenvalue weighted by atomic mass is 9.95. The third-order valence-electron chi connectivity index (χ3n) is 8.16. The van der Waals surface area contributed by atoms with E-state index in [0.717, 1.165) is 51.0 Å². The summed E-state index contributed by atoms with van der Waals surface area (Å²) in [4.78, 5) is 26.4. The van der Waals surface area contributed by atoms with E-state index in [0.29, 0.717) is 38.1 Å². The van der Waals surface area contributed by atoms with Crippen molar-refractivity contribution in [2.24, 2.45) is 11.8 Å². The van der Waals surface area contributed by atoms with Crippen molar-refractivity contribution in [2.45, 2.75) is 121 Å². The van der Waals surface area contributed by atoms with E-state index in [1.165, 1.54) is 13.3 Å². The second-order valence-electron chi connectivity index (χ2n) is 11.3. The quantitative estimate of drug-likeness (QED) is 0.263. The van der Waals surface area contributed by atoms with Crippen LogP contribution in [0.15, 0.2) is 0 Å². The molecule has 37 heavy (non-hydrogen) atoms. The summed E-state index contributed by atoms with van der Waals surface area (Å²) < 4.78 is 17.5. The van der Waals surface area contributed by atoms with Gasteiger partial charge in [-0.2, -0.15) is 0 Å². The van der Waals surface area contributed by atoms with E-state index in [9.17, 15) is 24.9 Å². The number of carbonyl (C=O) groups is 2. The number of likely N-dealkylation sites (tertiary alicyclic amines) is 1. The van der Waals surface area contributed by atoms with E-state index >= 15 is 0 Å². The first kappa shape index (κ1) is 30.2. The van der Waals surface area contributed by atoms with E-state index in [2.05, 4.69) is 19.2 Å². The molecule has 0 aromatic rings. The standard InChI is InChI=1S/C27H48N2O8/c1-17(2)19-10-11-21(14-19)36-16-20-8-7-12-29(20)23(32)9-5-4-6-13-35-27-24(28-18(3)31)26(34)25(33)22(15-30)37-27/h17,19-22,24-27,30,33-34H,4-16H2,1-3H3,(H,28,31)/t19?,20-,21?,22?,24?,25?,26?,27?/m0/s1. The molecule has 1 saturated carbocycles. The molecule has 1 aliphatic carbocycles. The van der Waals surface area contributed by atoms with Crippen LogP contribution in [0.2, 0.25) is 0 Å². The highest BCUT2D eigenvalue weighted by atomic mass is 16.7. The van der Waals surface area contributed by atoms with Crippen molar-refractivity contribution < 1.29 is 39.1 Å². The van der Waals surface area contributed by atoms with Gasteiger partial charge in [0.1, 0.15) is 24.4 Å². The first-order valence-corrected chi connectivity index (χ1v) is 14.1. The highest BCUT2D eigenvalue weighted by Gasteiger charge is 2.45. The minimum Gasteiger partial charge on any atom is -0.394 e. The van der Waals surface area contributed by atoms with Gasteiger partial charge in [-0.25, -0.2) is 0 Å². The number of unbranched alkanes of at least 4 members (excludes halogenated alkanes) is 2. The molecular weight excluding hydrogens is 480 g/mol. The zero-order chi connectivity index (χ0) is 26.9. The average molecular weight is 529 g/mol. The molecule has 8 atom stereocenters. The Morgan fingerprint density at radius 2 is 1.86 bits per heavy atom. The first-order chi connectivity index (χ1) is 17.7. The van der Waals surface area contributed by atoms with E-state index in [1.807, 2.05) is 4.90 Å². The number of aliphatic hydroxyl groups is 3. The predicted octanol–water partition coefficient (Wildman–Crippen LogP) is 1.34. The van der Waals surface area contributed by atoms with Crippen LogP contribution in [0.4, 0.5) is 0 Å². The average Bonchev–Trinajstić information content (AvgIpc) is 3.53. The molecular formula is C27H48N2O8. The molecule has 0 aromatic carbocycles. The Morgan fingerprint density at radius 3 is 2.54 bits per heavy atom. The summed E-state index contributed by atoms with van der Waals surface area (Å²) in [6.07, 6.45) is 3.93. The number of hydrogen-bond donors (Lipinski definition) is 4. The van der Waals surface area contributed by atoms with Gasteiger partial charge in [0.2, 0.25) is 11.8 Å². The second-order valence-corrected chi connectivity index (χ2v) is 11.3. The molecule has 214 valence electrons. The van der Waals surface area contributed by atoms with Gasteiger partial charge in [0.15, 0.2) is 6.29 Å². The maximum Gasteiger partial charge on any atom is 0.222 e. The van der Waals surface area contributed by atoms with Gasteiger partial charge >= 0.3 is 0 Å². The van der Waals surface area contributed by atoms with Crippen molar-refractivity contribution in [3.05, 3.63) is 0 Å². The summed E-state index contributed by atoms with van der Waals surface area (Å²) in [5.74, 6) is 1.25. The van der Waals surface area contributed by atoms with Gasteiger partial charge < -0.3 is 39.7 Å². The third-order valence-corrected chi connectivity index (χ3v) is 8.16. The third kappa shape index (κ3) is 8.60.